The molecule has 10 nitrogen and oxygen atoms in total. The van der Waals surface area contributed by atoms with Gasteiger partial charge in [-0.15, -0.1) is 0 Å². The third kappa shape index (κ3) is 13.8. The van der Waals surface area contributed by atoms with Gasteiger partial charge in [0.15, 0.2) is 12.6 Å². The van der Waals surface area contributed by atoms with Crippen molar-refractivity contribution in [1.82, 2.24) is 0 Å². The summed E-state index contributed by atoms with van der Waals surface area (Å²) in [6.07, 6.45) is 6.32. The van der Waals surface area contributed by atoms with E-state index in [-0.39, 0.29) is 12.6 Å². The lowest BCUT2D eigenvalue weighted by Gasteiger charge is -2.22. The molecule has 2 aliphatic heterocycles. The summed E-state index contributed by atoms with van der Waals surface area (Å²) in [6, 6.07) is 15.9. The van der Waals surface area contributed by atoms with Gasteiger partial charge in [0.2, 0.25) is 0 Å². The number of hydrogen-bond donors (Lipinski definition) is 0. The van der Waals surface area contributed by atoms with Crippen LogP contribution in [0.1, 0.15) is 38.5 Å². The molecule has 0 saturated carbocycles. The Morgan fingerprint density at radius 3 is 1.25 bits per heavy atom. The summed E-state index contributed by atoms with van der Waals surface area (Å²) in [5.41, 5.74) is 1.92. The molecule has 2 aromatic rings. The van der Waals surface area contributed by atoms with Crippen molar-refractivity contribution < 1.29 is 47.4 Å². The van der Waals surface area contributed by atoms with Crippen LogP contribution in [0, 0.1) is 0 Å². The molecule has 2 aromatic carbocycles. The molecule has 2 fully saturated rings. The zero-order chi connectivity index (χ0) is 30.3. The van der Waals surface area contributed by atoms with Gasteiger partial charge in [-0.1, -0.05) is 36.4 Å². The van der Waals surface area contributed by atoms with Crippen LogP contribution in [0.5, 0.6) is 11.5 Å². The highest BCUT2D eigenvalue weighted by Gasteiger charge is 2.15. The summed E-state index contributed by atoms with van der Waals surface area (Å²) in [6.45, 7) is 7.50. The molecule has 4 rings (SSSR count). The predicted molar refractivity (Wildman–Crippen MR) is 165 cm³/mol. The van der Waals surface area contributed by atoms with E-state index in [1.54, 1.807) is 0 Å². The first-order chi connectivity index (χ1) is 21.9. The Morgan fingerprint density at radius 1 is 0.455 bits per heavy atom. The molecule has 0 aliphatic carbocycles. The van der Waals surface area contributed by atoms with E-state index in [0.717, 1.165) is 74.4 Å². The minimum absolute atomic E-state index is 0.0786. The van der Waals surface area contributed by atoms with Crippen molar-refractivity contribution in [2.75, 3.05) is 92.5 Å². The summed E-state index contributed by atoms with van der Waals surface area (Å²) in [4.78, 5) is 0. The molecule has 0 aromatic heterocycles. The van der Waals surface area contributed by atoms with Crippen LogP contribution >= 0.6 is 0 Å². The maximum atomic E-state index is 6.08. The van der Waals surface area contributed by atoms with E-state index in [1.807, 2.05) is 48.5 Å². The number of para-hydroxylation sites is 2. The van der Waals surface area contributed by atoms with Crippen molar-refractivity contribution in [2.45, 2.75) is 51.1 Å². The topological polar surface area (TPSA) is 92.3 Å². The van der Waals surface area contributed by atoms with Crippen LogP contribution in [-0.4, -0.2) is 105 Å². The standard InChI is InChI=1S/C34H50O10/c1-3-11-31(39-25-21-35-17-19-37-23-27-43-33-13-5-7-15-41-33)29(9-1)30-10-2-4-12-32(30)40-26-22-36-18-20-38-24-28-44-34-14-6-8-16-42-34/h1-4,9-12,33-34H,5-8,13-28H2. The normalized spacial score (nSPS) is 18.7. The van der Waals surface area contributed by atoms with E-state index >= 15 is 0 Å². The SMILES string of the molecule is c1ccc(-c2ccccc2OCCOCCOCCOC2CCCCO2)c(OCCOCCOCCOC2CCCCO2)c1. The van der Waals surface area contributed by atoms with Gasteiger partial charge in [-0.25, -0.2) is 0 Å². The van der Waals surface area contributed by atoms with Crippen molar-refractivity contribution in [1.29, 1.82) is 0 Å². The van der Waals surface area contributed by atoms with Gasteiger partial charge in [0.05, 0.1) is 66.1 Å². The van der Waals surface area contributed by atoms with E-state index in [4.69, 9.17) is 47.4 Å². The van der Waals surface area contributed by atoms with Crippen LogP contribution in [0.25, 0.3) is 11.1 Å². The Labute approximate surface area is 262 Å². The van der Waals surface area contributed by atoms with Gasteiger partial charge < -0.3 is 47.4 Å². The summed E-state index contributed by atoms with van der Waals surface area (Å²) in [7, 11) is 0. The Balaban J connectivity index is 1.05. The molecule has 2 unspecified atom stereocenters. The predicted octanol–water partition coefficient (Wildman–Crippen LogP) is 5.26. The second-order valence-electron chi connectivity index (χ2n) is 10.5. The maximum absolute atomic E-state index is 6.08. The first-order valence-electron chi connectivity index (χ1n) is 16.1. The lowest BCUT2D eigenvalue weighted by atomic mass is 10.0. The second kappa shape index (κ2) is 22.3. The summed E-state index contributed by atoms with van der Waals surface area (Å²) in [5, 5.41) is 0. The summed E-state index contributed by atoms with van der Waals surface area (Å²) in [5.74, 6) is 1.55. The van der Waals surface area contributed by atoms with Crippen LogP contribution in [0.3, 0.4) is 0 Å². The van der Waals surface area contributed by atoms with Gasteiger partial charge in [0.25, 0.3) is 0 Å². The van der Waals surface area contributed by atoms with Crippen molar-refractivity contribution in [2.24, 2.45) is 0 Å². The Bertz CT molecular complexity index is 914. The zero-order valence-electron chi connectivity index (χ0n) is 26.0. The highest BCUT2D eigenvalue weighted by Crippen LogP contribution is 2.36. The van der Waals surface area contributed by atoms with Gasteiger partial charge in [-0.2, -0.15) is 0 Å². The highest BCUT2D eigenvalue weighted by molar-refractivity contribution is 5.75. The number of ether oxygens (including phenoxy) is 10. The Morgan fingerprint density at radius 2 is 0.841 bits per heavy atom. The maximum Gasteiger partial charge on any atom is 0.157 e. The van der Waals surface area contributed by atoms with E-state index in [9.17, 15) is 0 Å². The molecule has 2 atom stereocenters. The van der Waals surface area contributed by atoms with Gasteiger partial charge in [0, 0.05) is 24.3 Å². The third-order valence-electron chi connectivity index (χ3n) is 7.12. The lowest BCUT2D eigenvalue weighted by Crippen LogP contribution is -2.24. The molecule has 246 valence electrons. The molecule has 10 heteroatoms. The van der Waals surface area contributed by atoms with Gasteiger partial charge in [-0.05, 0) is 50.7 Å². The van der Waals surface area contributed by atoms with Crippen molar-refractivity contribution in [3.8, 4) is 22.6 Å². The first kappa shape index (κ1) is 34.6. The molecular formula is C34H50O10. The smallest absolute Gasteiger partial charge is 0.157 e. The average molecular weight is 619 g/mol. The Kier molecular flexibility index (Phi) is 17.5. The number of hydrogen-bond acceptors (Lipinski definition) is 10. The molecule has 0 spiro atoms. The molecular weight excluding hydrogens is 568 g/mol. The molecule has 0 bridgehead atoms. The monoisotopic (exact) mass is 618 g/mol. The highest BCUT2D eigenvalue weighted by atomic mass is 16.7. The van der Waals surface area contributed by atoms with E-state index in [0.29, 0.717) is 79.3 Å². The molecule has 0 amide bonds. The first-order valence-corrected chi connectivity index (χ1v) is 16.1. The molecule has 44 heavy (non-hydrogen) atoms. The molecule has 0 N–H and O–H groups in total. The van der Waals surface area contributed by atoms with E-state index in [1.165, 1.54) is 0 Å². The van der Waals surface area contributed by atoms with Gasteiger partial charge >= 0.3 is 0 Å². The average Bonchev–Trinajstić information content (AvgIpc) is 3.08. The number of rotatable bonds is 23. The van der Waals surface area contributed by atoms with Gasteiger partial charge in [-0.3, -0.25) is 0 Å². The van der Waals surface area contributed by atoms with Crippen LogP contribution in [0.4, 0.5) is 0 Å². The lowest BCUT2D eigenvalue weighted by molar-refractivity contribution is -0.169. The van der Waals surface area contributed by atoms with Crippen LogP contribution in [0.2, 0.25) is 0 Å². The van der Waals surface area contributed by atoms with Crippen LogP contribution in [-0.2, 0) is 37.9 Å². The Hall–Kier alpha value is -2.28. The van der Waals surface area contributed by atoms with Crippen molar-refractivity contribution >= 4 is 0 Å². The minimum atomic E-state index is -0.0786. The minimum Gasteiger partial charge on any atom is -0.491 e. The largest absolute Gasteiger partial charge is 0.491 e. The zero-order valence-corrected chi connectivity index (χ0v) is 26.0. The van der Waals surface area contributed by atoms with Crippen molar-refractivity contribution in [3.63, 3.8) is 0 Å². The fraction of sp³-hybridized carbons (Fsp3) is 0.647. The van der Waals surface area contributed by atoms with Crippen LogP contribution < -0.4 is 9.47 Å². The fourth-order valence-corrected chi connectivity index (χ4v) is 4.86. The quantitative estimate of drug-likeness (QED) is 0.154. The second-order valence-corrected chi connectivity index (χ2v) is 10.5. The fourth-order valence-electron chi connectivity index (χ4n) is 4.86. The van der Waals surface area contributed by atoms with Crippen molar-refractivity contribution in [3.05, 3.63) is 48.5 Å². The molecule has 2 saturated heterocycles. The summed E-state index contributed by atoms with van der Waals surface area (Å²) < 4.78 is 57.1. The molecule has 2 heterocycles. The summed E-state index contributed by atoms with van der Waals surface area (Å²) >= 11 is 0. The van der Waals surface area contributed by atoms with Crippen LogP contribution in [0.15, 0.2) is 48.5 Å². The molecule has 2 aliphatic rings. The van der Waals surface area contributed by atoms with Gasteiger partial charge in [0.1, 0.15) is 24.7 Å². The number of benzene rings is 2. The van der Waals surface area contributed by atoms with E-state index in [2.05, 4.69) is 0 Å². The van der Waals surface area contributed by atoms with E-state index < -0.39 is 0 Å². The third-order valence-corrected chi connectivity index (χ3v) is 7.12. The molecule has 0 radical (unpaired) electrons.